The number of halogens is 1. The Labute approximate surface area is 169 Å². The highest BCUT2D eigenvalue weighted by Crippen LogP contribution is 2.36. The topological polar surface area (TPSA) is 77.8 Å². The van der Waals surface area contributed by atoms with E-state index in [0.717, 1.165) is 5.56 Å². The normalized spacial score (nSPS) is 21.7. The number of nitrogens with zero attached hydrogens (tertiary/aromatic N) is 1. The van der Waals surface area contributed by atoms with Crippen LogP contribution in [0.1, 0.15) is 30.4 Å². The number of piperidine rings is 1. The number of benzene rings is 2. The lowest BCUT2D eigenvalue weighted by molar-refractivity contribution is -0.166. The first-order valence-corrected chi connectivity index (χ1v) is 9.89. The van der Waals surface area contributed by atoms with Crippen LogP contribution in [0.25, 0.3) is 0 Å². The van der Waals surface area contributed by atoms with E-state index in [9.17, 15) is 24.2 Å². The van der Waals surface area contributed by atoms with Crippen LogP contribution >= 0.6 is 0 Å². The lowest BCUT2D eigenvalue weighted by Gasteiger charge is -2.43. The van der Waals surface area contributed by atoms with Gasteiger partial charge in [0.05, 0.1) is 12.5 Å². The van der Waals surface area contributed by atoms with Crippen molar-refractivity contribution in [3.8, 4) is 0 Å². The van der Waals surface area contributed by atoms with Gasteiger partial charge in [0.2, 0.25) is 5.91 Å². The highest BCUT2D eigenvalue weighted by Gasteiger charge is 2.49. The monoisotopic (exact) mass is 399 g/mol. The van der Waals surface area contributed by atoms with Gasteiger partial charge in [0.15, 0.2) is 0 Å². The zero-order valence-electron chi connectivity index (χ0n) is 16.3. The van der Waals surface area contributed by atoms with Gasteiger partial charge in [-0.25, -0.2) is 4.39 Å². The maximum absolute atomic E-state index is 13.9. The minimum Gasteiger partial charge on any atom is -0.481 e. The van der Waals surface area contributed by atoms with Crippen molar-refractivity contribution in [3.05, 3.63) is 71.5 Å². The number of aliphatic hydroxyl groups excluding tert-OH is 1. The van der Waals surface area contributed by atoms with E-state index >= 15 is 0 Å². The first-order chi connectivity index (χ1) is 13.9. The minimum atomic E-state index is -1.40. The van der Waals surface area contributed by atoms with Crippen molar-refractivity contribution in [2.75, 3.05) is 13.1 Å². The van der Waals surface area contributed by atoms with Gasteiger partial charge in [-0.15, -0.1) is 0 Å². The summed E-state index contributed by atoms with van der Waals surface area (Å²) in [6, 6.07) is 15.8. The van der Waals surface area contributed by atoms with Crippen molar-refractivity contribution >= 4 is 11.9 Å². The van der Waals surface area contributed by atoms with Crippen molar-refractivity contribution in [2.45, 2.75) is 38.2 Å². The maximum Gasteiger partial charge on any atom is 0.314 e. The first kappa shape index (κ1) is 21.0. The summed E-state index contributed by atoms with van der Waals surface area (Å²) >= 11 is 0. The van der Waals surface area contributed by atoms with Gasteiger partial charge in [-0.2, -0.15) is 0 Å². The average Bonchev–Trinajstić information content (AvgIpc) is 2.71. The number of aliphatic hydroxyl groups is 1. The van der Waals surface area contributed by atoms with Crippen LogP contribution in [0, 0.1) is 11.2 Å². The zero-order chi connectivity index (χ0) is 20.9. The molecule has 1 amide bonds. The number of aliphatic carboxylic acids is 1. The largest absolute Gasteiger partial charge is 0.481 e. The minimum absolute atomic E-state index is 0.0639. The summed E-state index contributed by atoms with van der Waals surface area (Å²) in [5, 5.41) is 20.5. The number of likely N-dealkylation sites (tertiary alicyclic amines) is 1. The molecule has 3 rings (SSSR count). The molecule has 1 aliphatic rings. The molecule has 2 N–H and O–H groups in total. The quantitative estimate of drug-likeness (QED) is 0.750. The molecular formula is C23H26FNO4. The zero-order valence-corrected chi connectivity index (χ0v) is 16.3. The summed E-state index contributed by atoms with van der Waals surface area (Å²) in [5.41, 5.74) is -0.0165. The van der Waals surface area contributed by atoms with E-state index in [1.54, 1.807) is 18.2 Å². The lowest BCUT2D eigenvalue weighted by Crippen LogP contribution is -2.57. The Hall–Kier alpha value is -2.73. The van der Waals surface area contributed by atoms with Gasteiger partial charge >= 0.3 is 5.97 Å². The highest BCUT2D eigenvalue weighted by atomic mass is 19.1. The van der Waals surface area contributed by atoms with Crippen LogP contribution in [0.15, 0.2) is 54.6 Å². The number of rotatable bonds is 7. The average molecular weight is 399 g/mol. The van der Waals surface area contributed by atoms with E-state index in [1.165, 1.54) is 11.0 Å². The molecule has 154 valence electrons. The summed E-state index contributed by atoms with van der Waals surface area (Å²) in [7, 11) is 0. The molecule has 5 nitrogen and oxygen atoms in total. The number of carboxylic acids is 1. The Kier molecular flexibility index (Phi) is 6.64. The van der Waals surface area contributed by atoms with Gasteiger partial charge in [-0.1, -0.05) is 48.5 Å². The highest BCUT2D eigenvalue weighted by molar-refractivity contribution is 5.81. The smallest absolute Gasteiger partial charge is 0.314 e. The third-order valence-electron chi connectivity index (χ3n) is 5.79. The van der Waals surface area contributed by atoms with Crippen molar-refractivity contribution < 1.29 is 24.2 Å². The van der Waals surface area contributed by atoms with Crippen molar-refractivity contribution in [1.29, 1.82) is 0 Å². The molecule has 1 saturated heterocycles. The van der Waals surface area contributed by atoms with E-state index in [1.807, 2.05) is 30.3 Å². The van der Waals surface area contributed by atoms with Crippen LogP contribution in [0.3, 0.4) is 0 Å². The van der Waals surface area contributed by atoms with E-state index in [2.05, 4.69) is 0 Å². The van der Waals surface area contributed by atoms with Gasteiger partial charge in [0.1, 0.15) is 11.2 Å². The van der Waals surface area contributed by atoms with E-state index in [0.29, 0.717) is 12.8 Å². The second-order valence-corrected chi connectivity index (χ2v) is 7.69. The fraction of sp³-hybridized carbons (Fsp3) is 0.391. The molecule has 0 unspecified atom stereocenters. The van der Waals surface area contributed by atoms with Gasteiger partial charge in [0.25, 0.3) is 0 Å². The Balaban J connectivity index is 1.69. The Bertz CT molecular complexity index is 857. The molecule has 1 fully saturated rings. The molecular weight excluding hydrogens is 373 g/mol. The third kappa shape index (κ3) is 4.82. The Morgan fingerprint density at radius 3 is 2.48 bits per heavy atom. The van der Waals surface area contributed by atoms with Crippen LogP contribution in [0.2, 0.25) is 0 Å². The summed E-state index contributed by atoms with van der Waals surface area (Å²) in [5.74, 6) is -1.87. The SMILES string of the molecule is O=C(Cc1ccccc1F)N1CC[C@H](O)[C@](CCCc2ccccc2)(C(=O)O)C1. The number of carbonyl (C=O) groups is 2. The van der Waals surface area contributed by atoms with Crippen LogP contribution < -0.4 is 0 Å². The molecule has 0 aliphatic carbocycles. The summed E-state index contributed by atoms with van der Waals surface area (Å²) in [6.07, 6.45) is 0.604. The maximum atomic E-state index is 13.9. The third-order valence-corrected chi connectivity index (χ3v) is 5.79. The second kappa shape index (κ2) is 9.18. The Morgan fingerprint density at radius 1 is 1.10 bits per heavy atom. The number of hydrogen-bond donors (Lipinski definition) is 2. The number of amides is 1. The van der Waals surface area contributed by atoms with Gasteiger partial charge in [0, 0.05) is 13.1 Å². The second-order valence-electron chi connectivity index (χ2n) is 7.69. The fourth-order valence-electron chi connectivity index (χ4n) is 4.02. The lowest BCUT2D eigenvalue weighted by atomic mass is 9.73. The molecule has 0 bridgehead atoms. The van der Waals surface area contributed by atoms with Crippen molar-refractivity contribution in [1.82, 2.24) is 4.90 Å². The summed E-state index contributed by atoms with van der Waals surface area (Å²) in [6.45, 7) is 0.202. The predicted molar refractivity (Wildman–Crippen MR) is 107 cm³/mol. The van der Waals surface area contributed by atoms with Gasteiger partial charge in [-0.3, -0.25) is 9.59 Å². The molecule has 0 spiro atoms. The van der Waals surface area contributed by atoms with E-state index < -0.39 is 23.3 Å². The van der Waals surface area contributed by atoms with E-state index in [-0.39, 0.29) is 43.8 Å². The van der Waals surface area contributed by atoms with Crippen LogP contribution in [0.5, 0.6) is 0 Å². The molecule has 0 radical (unpaired) electrons. The Morgan fingerprint density at radius 2 is 1.79 bits per heavy atom. The van der Waals surface area contributed by atoms with Crippen molar-refractivity contribution in [3.63, 3.8) is 0 Å². The van der Waals surface area contributed by atoms with Gasteiger partial charge < -0.3 is 15.1 Å². The number of carbonyl (C=O) groups excluding carboxylic acids is 1. The number of hydrogen-bond acceptors (Lipinski definition) is 3. The first-order valence-electron chi connectivity index (χ1n) is 9.89. The summed E-state index contributed by atoms with van der Waals surface area (Å²) in [4.78, 5) is 26.3. The predicted octanol–water partition coefficient (Wildman–Crippen LogP) is 3.06. The van der Waals surface area contributed by atoms with Crippen LogP contribution in [0.4, 0.5) is 4.39 Å². The van der Waals surface area contributed by atoms with E-state index in [4.69, 9.17) is 0 Å². The number of carboxylic acid groups (broad SMARTS) is 1. The standard InChI is InChI=1S/C23H26FNO4/c24-19-11-5-4-10-18(19)15-21(27)25-14-12-20(26)23(16-25,22(28)29)13-6-9-17-7-2-1-3-8-17/h1-5,7-8,10-11,20,26H,6,9,12-16H2,(H,28,29)/t20-,23+/m0/s1. The molecule has 0 saturated carbocycles. The molecule has 1 aliphatic heterocycles. The van der Waals surface area contributed by atoms with Crippen molar-refractivity contribution in [2.24, 2.45) is 5.41 Å². The molecule has 29 heavy (non-hydrogen) atoms. The molecule has 6 heteroatoms. The number of aryl methyl sites for hydroxylation is 1. The molecule has 2 aromatic carbocycles. The molecule has 1 heterocycles. The van der Waals surface area contributed by atoms with Gasteiger partial charge in [-0.05, 0) is 42.9 Å². The van der Waals surface area contributed by atoms with Crippen LogP contribution in [-0.4, -0.2) is 46.2 Å². The molecule has 2 aromatic rings. The molecule has 2 atom stereocenters. The summed E-state index contributed by atoms with van der Waals surface area (Å²) < 4.78 is 13.9. The molecule has 0 aromatic heterocycles. The van der Waals surface area contributed by atoms with Crippen LogP contribution in [-0.2, 0) is 22.4 Å². The fourth-order valence-corrected chi connectivity index (χ4v) is 4.02.